The van der Waals surface area contributed by atoms with Crippen LogP contribution in [0.1, 0.15) is 25.3 Å². The lowest BCUT2D eigenvalue weighted by molar-refractivity contribution is 0.0893. The van der Waals surface area contributed by atoms with E-state index in [1.807, 2.05) is 31.2 Å². The Balaban J connectivity index is 1.68. The van der Waals surface area contributed by atoms with Crippen molar-refractivity contribution in [3.8, 4) is 0 Å². The first kappa shape index (κ1) is 18.7. The van der Waals surface area contributed by atoms with Crippen molar-refractivity contribution in [2.45, 2.75) is 26.3 Å². The highest BCUT2D eigenvalue weighted by atomic mass is 16.5. The van der Waals surface area contributed by atoms with Gasteiger partial charge in [0.2, 0.25) is 0 Å². The number of rotatable bonds is 9. The highest BCUT2D eigenvalue weighted by Crippen LogP contribution is 2.12. The predicted octanol–water partition coefficient (Wildman–Crippen LogP) is 1.26. The molecule has 136 valence electrons. The number of aryl methyl sites for hydroxylation is 1. The monoisotopic (exact) mass is 337 g/mol. The highest BCUT2D eigenvalue weighted by Gasteiger charge is 2.15. The number of aliphatic imine (C=N–C) groups is 1. The van der Waals surface area contributed by atoms with E-state index in [1.54, 1.807) is 0 Å². The molecule has 0 spiro atoms. The maximum absolute atomic E-state index is 5.72. The molecular weight excluding hydrogens is 306 g/mol. The molecule has 0 aliphatic carbocycles. The van der Waals surface area contributed by atoms with E-state index in [0.717, 1.165) is 64.9 Å². The molecule has 1 saturated heterocycles. The molecule has 1 aliphatic rings. The van der Waals surface area contributed by atoms with Crippen molar-refractivity contribution in [3.63, 3.8) is 0 Å². The van der Waals surface area contributed by atoms with Crippen LogP contribution in [0.4, 0.5) is 0 Å². The van der Waals surface area contributed by atoms with Crippen molar-refractivity contribution in [3.05, 3.63) is 18.0 Å². The van der Waals surface area contributed by atoms with Gasteiger partial charge in [0.1, 0.15) is 0 Å². The van der Waals surface area contributed by atoms with Gasteiger partial charge in [-0.15, -0.1) is 0 Å². The lowest BCUT2D eigenvalue weighted by Gasteiger charge is -2.21. The van der Waals surface area contributed by atoms with E-state index in [9.17, 15) is 0 Å². The minimum absolute atomic E-state index is 0.580. The Labute approximate surface area is 145 Å². The van der Waals surface area contributed by atoms with Gasteiger partial charge >= 0.3 is 0 Å². The molecule has 1 N–H and O–H groups in total. The Morgan fingerprint density at radius 3 is 3.12 bits per heavy atom. The molecule has 0 radical (unpaired) electrons. The van der Waals surface area contributed by atoms with E-state index >= 15 is 0 Å². The number of nitrogens with zero attached hydrogens (tertiary/aromatic N) is 4. The van der Waals surface area contributed by atoms with Gasteiger partial charge in [-0.25, -0.2) is 0 Å². The van der Waals surface area contributed by atoms with Crippen molar-refractivity contribution < 1.29 is 9.47 Å². The lowest BCUT2D eigenvalue weighted by atomic mass is 10.1. The highest BCUT2D eigenvalue weighted by molar-refractivity contribution is 5.79. The SMILES string of the molecule is CCNC(=NCCCOCC1CCOC1)N(C)Cc1cnn(C)c1. The second-order valence-electron chi connectivity index (χ2n) is 6.27. The van der Waals surface area contributed by atoms with Crippen LogP contribution in [0.15, 0.2) is 17.4 Å². The van der Waals surface area contributed by atoms with Gasteiger partial charge in [0.05, 0.1) is 19.4 Å². The van der Waals surface area contributed by atoms with E-state index in [-0.39, 0.29) is 0 Å². The van der Waals surface area contributed by atoms with Crippen LogP contribution in [0.3, 0.4) is 0 Å². The molecule has 7 nitrogen and oxygen atoms in total. The Kier molecular flexibility index (Phi) is 8.04. The summed E-state index contributed by atoms with van der Waals surface area (Å²) in [6, 6.07) is 0. The van der Waals surface area contributed by atoms with Crippen LogP contribution in [0.2, 0.25) is 0 Å². The fraction of sp³-hybridized carbons (Fsp3) is 0.765. The second-order valence-corrected chi connectivity index (χ2v) is 6.27. The Bertz CT molecular complexity index is 497. The molecule has 0 bridgehead atoms. The number of aromatic nitrogens is 2. The first-order valence-corrected chi connectivity index (χ1v) is 8.81. The zero-order chi connectivity index (χ0) is 17.2. The summed E-state index contributed by atoms with van der Waals surface area (Å²) in [4.78, 5) is 6.81. The van der Waals surface area contributed by atoms with Crippen LogP contribution >= 0.6 is 0 Å². The number of guanidine groups is 1. The molecule has 1 unspecified atom stereocenters. The molecule has 1 atom stereocenters. The molecular formula is C17H31N5O2. The average Bonchev–Trinajstić information content (AvgIpc) is 3.21. The summed E-state index contributed by atoms with van der Waals surface area (Å²) in [5.41, 5.74) is 1.17. The maximum Gasteiger partial charge on any atom is 0.193 e. The molecule has 0 amide bonds. The molecule has 1 aromatic rings. The Morgan fingerprint density at radius 1 is 1.58 bits per heavy atom. The van der Waals surface area contributed by atoms with E-state index in [4.69, 9.17) is 9.47 Å². The van der Waals surface area contributed by atoms with Gasteiger partial charge in [-0.2, -0.15) is 5.10 Å². The first-order valence-electron chi connectivity index (χ1n) is 8.81. The van der Waals surface area contributed by atoms with Crippen LogP contribution in [0.25, 0.3) is 0 Å². The third kappa shape index (κ3) is 6.49. The van der Waals surface area contributed by atoms with E-state index in [1.165, 1.54) is 5.56 Å². The van der Waals surface area contributed by atoms with Crippen LogP contribution in [0.5, 0.6) is 0 Å². The van der Waals surface area contributed by atoms with Crippen molar-refractivity contribution in [2.24, 2.45) is 18.0 Å². The Morgan fingerprint density at radius 2 is 2.46 bits per heavy atom. The summed E-state index contributed by atoms with van der Waals surface area (Å²) in [7, 11) is 3.98. The molecule has 24 heavy (non-hydrogen) atoms. The zero-order valence-corrected chi connectivity index (χ0v) is 15.2. The number of hydrogen-bond acceptors (Lipinski definition) is 4. The molecule has 1 fully saturated rings. The maximum atomic E-state index is 5.72. The molecule has 1 aliphatic heterocycles. The number of ether oxygens (including phenoxy) is 2. The molecule has 1 aromatic heterocycles. The normalized spacial score (nSPS) is 18.1. The minimum Gasteiger partial charge on any atom is -0.381 e. The summed E-state index contributed by atoms with van der Waals surface area (Å²) in [5, 5.41) is 7.54. The van der Waals surface area contributed by atoms with Gasteiger partial charge < -0.3 is 19.7 Å². The zero-order valence-electron chi connectivity index (χ0n) is 15.2. The van der Waals surface area contributed by atoms with Crippen LogP contribution in [-0.2, 0) is 23.1 Å². The topological polar surface area (TPSA) is 63.9 Å². The summed E-state index contributed by atoms with van der Waals surface area (Å²) < 4.78 is 12.9. The minimum atomic E-state index is 0.580. The third-order valence-electron chi connectivity index (χ3n) is 3.96. The quantitative estimate of drug-likeness (QED) is 0.417. The lowest BCUT2D eigenvalue weighted by Crippen LogP contribution is -2.38. The van der Waals surface area contributed by atoms with Gasteiger partial charge in [0.25, 0.3) is 0 Å². The second kappa shape index (κ2) is 10.3. The van der Waals surface area contributed by atoms with Crippen LogP contribution < -0.4 is 5.32 Å². The molecule has 0 saturated carbocycles. The average molecular weight is 337 g/mol. The van der Waals surface area contributed by atoms with Gasteiger partial charge in [-0.1, -0.05) is 0 Å². The smallest absolute Gasteiger partial charge is 0.193 e. The summed E-state index contributed by atoms with van der Waals surface area (Å²) >= 11 is 0. The third-order valence-corrected chi connectivity index (χ3v) is 3.96. The van der Waals surface area contributed by atoms with E-state index < -0.39 is 0 Å². The van der Waals surface area contributed by atoms with Crippen LogP contribution in [-0.4, -0.2) is 67.2 Å². The number of hydrogen-bond donors (Lipinski definition) is 1. The molecule has 2 rings (SSSR count). The van der Waals surface area contributed by atoms with Gasteiger partial charge in [-0.05, 0) is 19.8 Å². The Hall–Kier alpha value is -1.60. The molecule has 7 heteroatoms. The van der Waals surface area contributed by atoms with Gasteiger partial charge in [0.15, 0.2) is 5.96 Å². The van der Waals surface area contributed by atoms with E-state index in [0.29, 0.717) is 5.92 Å². The van der Waals surface area contributed by atoms with Gasteiger partial charge in [0, 0.05) is 64.6 Å². The molecule has 2 heterocycles. The largest absolute Gasteiger partial charge is 0.381 e. The van der Waals surface area contributed by atoms with Crippen LogP contribution in [0, 0.1) is 5.92 Å². The fourth-order valence-electron chi connectivity index (χ4n) is 2.69. The van der Waals surface area contributed by atoms with Crippen molar-refractivity contribution in [1.82, 2.24) is 20.0 Å². The number of nitrogens with one attached hydrogen (secondary N) is 1. The predicted molar refractivity (Wildman–Crippen MR) is 95.0 cm³/mol. The molecule has 0 aromatic carbocycles. The first-order chi connectivity index (χ1) is 11.7. The van der Waals surface area contributed by atoms with E-state index in [2.05, 4.69) is 27.2 Å². The standard InChI is InChI=1S/C17H31N5O2/c1-4-18-17(21(2)11-16-10-20-22(3)12-16)19-7-5-8-23-13-15-6-9-24-14-15/h10,12,15H,4-9,11,13-14H2,1-3H3,(H,18,19). The fourth-order valence-corrected chi connectivity index (χ4v) is 2.69. The van der Waals surface area contributed by atoms with Crippen molar-refractivity contribution in [1.29, 1.82) is 0 Å². The summed E-state index contributed by atoms with van der Waals surface area (Å²) in [5.74, 6) is 1.50. The van der Waals surface area contributed by atoms with Gasteiger partial charge in [-0.3, -0.25) is 9.67 Å². The summed E-state index contributed by atoms with van der Waals surface area (Å²) in [6.07, 6.45) is 5.98. The van der Waals surface area contributed by atoms with Crippen molar-refractivity contribution in [2.75, 3.05) is 46.6 Å². The summed E-state index contributed by atoms with van der Waals surface area (Å²) in [6.45, 7) is 7.79. The van der Waals surface area contributed by atoms with Crippen molar-refractivity contribution >= 4 is 5.96 Å².